The summed E-state index contributed by atoms with van der Waals surface area (Å²) in [4.78, 5) is 0. The van der Waals surface area contributed by atoms with Gasteiger partial charge in [-0.1, -0.05) is 22.0 Å². The summed E-state index contributed by atoms with van der Waals surface area (Å²) < 4.78 is 0. The van der Waals surface area contributed by atoms with Gasteiger partial charge in [-0.15, -0.1) is 0 Å². The Balaban J connectivity index is 2.94. The molecule has 0 radical (unpaired) electrons. The van der Waals surface area contributed by atoms with Crippen molar-refractivity contribution in [3.05, 3.63) is 12.2 Å². The number of nitrogens with zero attached hydrogens (tertiary/aromatic N) is 1. The second kappa shape index (κ2) is 6.71. The highest BCUT2D eigenvalue weighted by molar-refractivity contribution is 9.09. The van der Waals surface area contributed by atoms with Crippen LogP contribution in [0.4, 0.5) is 0 Å². The molecule has 0 aliphatic rings. The van der Waals surface area contributed by atoms with E-state index in [2.05, 4.69) is 15.9 Å². The van der Waals surface area contributed by atoms with Gasteiger partial charge in [0.2, 0.25) is 0 Å². The van der Waals surface area contributed by atoms with Gasteiger partial charge in [-0.25, -0.2) is 0 Å². The van der Waals surface area contributed by atoms with Gasteiger partial charge in [0.25, 0.3) is 0 Å². The van der Waals surface area contributed by atoms with Crippen LogP contribution in [-0.2, 0) is 0 Å². The number of nitriles is 1. The van der Waals surface area contributed by atoms with Crippen molar-refractivity contribution in [1.82, 2.24) is 0 Å². The average molecular weight is 174 g/mol. The molecule has 0 saturated carbocycles. The van der Waals surface area contributed by atoms with Gasteiger partial charge in [-0.2, -0.15) is 5.26 Å². The van der Waals surface area contributed by atoms with Gasteiger partial charge in [-0.05, 0) is 12.8 Å². The summed E-state index contributed by atoms with van der Waals surface area (Å²) in [5.41, 5.74) is 0. The van der Waals surface area contributed by atoms with Gasteiger partial charge in [0, 0.05) is 11.4 Å². The summed E-state index contributed by atoms with van der Waals surface area (Å²) in [5, 5.41) is 9.03. The number of hydrogen-bond acceptors (Lipinski definition) is 1. The molecule has 0 N–H and O–H groups in total. The molecular formula is C6H8BrN. The number of halogens is 1. The Morgan fingerprint density at radius 2 is 2.38 bits per heavy atom. The van der Waals surface area contributed by atoms with Crippen molar-refractivity contribution in [2.75, 3.05) is 5.33 Å². The van der Waals surface area contributed by atoms with Crippen LogP contribution in [0.3, 0.4) is 0 Å². The molecule has 1 nitrogen and oxygen atoms in total. The number of alkyl halides is 1. The van der Waals surface area contributed by atoms with E-state index in [1.54, 1.807) is 0 Å². The lowest BCUT2D eigenvalue weighted by Gasteiger charge is -1.81. The first kappa shape index (κ1) is 7.71. The fraction of sp³-hybridized carbons (Fsp3) is 0.500. The maximum Gasteiger partial charge on any atom is 0.0908 e. The van der Waals surface area contributed by atoms with E-state index < -0.39 is 0 Å². The van der Waals surface area contributed by atoms with Crippen molar-refractivity contribution < 1.29 is 0 Å². The standard InChI is InChI=1S/C6H8BrN/c7-5-3-1-2-4-6-8/h2,4H,1,3,5H2/b4-2+. The third-order valence-electron chi connectivity index (χ3n) is 0.697. The fourth-order valence-electron chi connectivity index (χ4n) is 0.331. The summed E-state index contributed by atoms with van der Waals surface area (Å²) in [6.07, 6.45) is 5.50. The van der Waals surface area contributed by atoms with E-state index in [9.17, 15) is 0 Å². The van der Waals surface area contributed by atoms with Crippen molar-refractivity contribution >= 4 is 15.9 Å². The van der Waals surface area contributed by atoms with E-state index >= 15 is 0 Å². The van der Waals surface area contributed by atoms with Crippen molar-refractivity contribution in [3.63, 3.8) is 0 Å². The second-order valence-electron chi connectivity index (χ2n) is 1.36. The van der Waals surface area contributed by atoms with Crippen LogP contribution in [0, 0.1) is 11.3 Å². The molecule has 44 valence electrons. The Hall–Kier alpha value is -0.290. The van der Waals surface area contributed by atoms with Crippen molar-refractivity contribution in [2.45, 2.75) is 12.8 Å². The smallest absolute Gasteiger partial charge is 0.0908 e. The Bertz CT molecular complexity index is 102. The molecule has 0 rings (SSSR count). The van der Waals surface area contributed by atoms with E-state index in [0.717, 1.165) is 18.2 Å². The van der Waals surface area contributed by atoms with Crippen LogP contribution in [0.2, 0.25) is 0 Å². The van der Waals surface area contributed by atoms with Crippen LogP contribution in [-0.4, -0.2) is 5.33 Å². The van der Waals surface area contributed by atoms with Crippen LogP contribution in [0.5, 0.6) is 0 Å². The van der Waals surface area contributed by atoms with E-state index in [-0.39, 0.29) is 0 Å². The van der Waals surface area contributed by atoms with E-state index in [0.29, 0.717) is 0 Å². The fourth-order valence-corrected chi connectivity index (χ4v) is 0.655. The van der Waals surface area contributed by atoms with E-state index in [1.165, 1.54) is 6.08 Å². The Kier molecular flexibility index (Phi) is 6.47. The lowest BCUT2D eigenvalue weighted by atomic mass is 10.3. The van der Waals surface area contributed by atoms with Crippen LogP contribution >= 0.6 is 15.9 Å². The van der Waals surface area contributed by atoms with Crippen molar-refractivity contribution in [2.24, 2.45) is 0 Å². The third-order valence-corrected chi connectivity index (χ3v) is 1.26. The summed E-state index contributed by atoms with van der Waals surface area (Å²) in [6.45, 7) is 0. The number of hydrogen-bond donors (Lipinski definition) is 0. The normalized spacial score (nSPS) is 9.50. The molecule has 0 fully saturated rings. The quantitative estimate of drug-likeness (QED) is 0.365. The van der Waals surface area contributed by atoms with Gasteiger partial charge < -0.3 is 0 Å². The minimum absolute atomic E-state index is 0.999. The van der Waals surface area contributed by atoms with Gasteiger partial charge in [0.1, 0.15) is 0 Å². The molecule has 0 atom stereocenters. The van der Waals surface area contributed by atoms with Gasteiger partial charge in [0.05, 0.1) is 6.07 Å². The largest absolute Gasteiger partial charge is 0.193 e. The maximum absolute atomic E-state index is 8.02. The number of rotatable bonds is 3. The molecule has 2 heteroatoms. The lowest BCUT2D eigenvalue weighted by Crippen LogP contribution is -1.68. The second-order valence-corrected chi connectivity index (χ2v) is 2.16. The van der Waals surface area contributed by atoms with Gasteiger partial charge >= 0.3 is 0 Å². The molecule has 0 spiro atoms. The highest BCUT2D eigenvalue weighted by Gasteiger charge is 1.75. The maximum atomic E-state index is 8.02. The highest BCUT2D eigenvalue weighted by Crippen LogP contribution is 1.93. The first-order valence-electron chi connectivity index (χ1n) is 2.52. The molecule has 0 bridgehead atoms. The summed E-state index contributed by atoms with van der Waals surface area (Å²) in [5.74, 6) is 0. The highest BCUT2D eigenvalue weighted by atomic mass is 79.9. The van der Waals surface area contributed by atoms with E-state index in [1.807, 2.05) is 12.1 Å². The third kappa shape index (κ3) is 5.71. The Labute approximate surface area is 58.1 Å². The zero-order valence-corrected chi connectivity index (χ0v) is 6.19. The molecule has 0 aliphatic heterocycles. The average Bonchev–Trinajstić information content (AvgIpc) is 1.81. The molecular weight excluding hydrogens is 166 g/mol. The van der Waals surface area contributed by atoms with Gasteiger partial charge in [-0.3, -0.25) is 0 Å². The number of allylic oxidation sites excluding steroid dienone is 2. The molecule has 0 heterocycles. The molecule has 0 aromatic rings. The van der Waals surface area contributed by atoms with Crippen molar-refractivity contribution in [1.29, 1.82) is 5.26 Å². The Morgan fingerprint density at radius 1 is 1.62 bits per heavy atom. The van der Waals surface area contributed by atoms with E-state index in [4.69, 9.17) is 5.26 Å². The molecule has 0 amide bonds. The molecule has 0 saturated heterocycles. The van der Waals surface area contributed by atoms with Crippen LogP contribution < -0.4 is 0 Å². The molecule has 0 aliphatic carbocycles. The lowest BCUT2D eigenvalue weighted by molar-refractivity contribution is 0.979. The first-order valence-corrected chi connectivity index (χ1v) is 3.64. The number of unbranched alkanes of at least 4 members (excludes halogenated alkanes) is 1. The molecule has 0 unspecified atom stereocenters. The van der Waals surface area contributed by atoms with Crippen LogP contribution in [0.25, 0.3) is 0 Å². The minimum Gasteiger partial charge on any atom is -0.193 e. The minimum atomic E-state index is 0.999. The van der Waals surface area contributed by atoms with Gasteiger partial charge in [0.15, 0.2) is 0 Å². The Morgan fingerprint density at radius 3 is 2.88 bits per heavy atom. The molecule has 8 heavy (non-hydrogen) atoms. The first-order chi connectivity index (χ1) is 3.91. The zero-order valence-electron chi connectivity index (χ0n) is 4.60. The van der Waals surface area contributed by atoms with Crippen LogP contribution in [0.1, 0.15) is 12.8 Å². The summed E-state index contributed by atoms with van der Waals surface area (Å²) >= 11 is 3.28. The summed E-state index contributed by atoms with van der Waals surface area (Å²) in [7, 11) is 0. The predicted molar refractivity (Wildman–Crippen MR) is 37.8 cm³/mol. The molecule has 0 aromatic heterocycles. The zero-order chi connectivity index (χ0) is 6.24. The summed E-state index contributed by atoms with van der Waals surface area (Å²) in [6, 6.07) is 1.93. The van der Waals surface area contributed by atoms with Crippen LogP contribution in [0.15, 0.2) is 12.2 Å². The predicted octanol–water partition coefficient (Wildman–Crippen LogP) is 2.24. The van der Waals surface area contributed by atoms with Crippen molar-refractivity contribution in [3.8, 4) is 6.07 Å². The topological polar surface area (TPSA) is 23.8 Å². The molecule has 0 aromatic carbocycles. The SMILES string of the molecule is N#C/C=C/CCCBr. The monoisotopic (exact) mass is 173 g/mol.